The summed E-state index contributed by atoms with van der Waals surface area (Å²) in [6, 6.07) is 0. The topological polar surface area (TPSA) is 37.3 Å². The van der Waals surface area contributed by atoms with Crippen LogP contribution in [0.3, 0.4) is 0 Å². The van der Waals surface area contributed by atoms with Gasteiger partial charge in [-0.1, -0.05) is 89.9 Å². The van der Waals surface area contributed by atoms with Crippen molar-refractivity contribution < 1.29 is 9.90 Å². The predicted molar refractivity (Wildman–Crippen MR) is 120 cm³/mol. The molecule has 2 heteroatoms. The van der Waals surface area contributed by atoms with Gasteiger partial charge in [0.1, 0.15) is 0 Å². The van der Waals surface area contributed by atoms with Crippen LogP contribution in [0.1, 0.15) is 104 Å². The van der Waals surface area contributed by atoms with E-state index >= 15 is 0 Å². The fraction of sp³-hybridized carbons (Fsp3) is 0.815. The molecule has 0 aromatic heterocycles. The maximum absolute atomic E-state index is 12.6. The molecule has 2 nitrogen and oxygen atoms in total. The molecule has 0 aliphatic heterocycles. The van der Waals surface area contributed by atoms with E-state index in [1.165, 1.54) is 51.4 Å². The summed E-state index contributed by atoms with van der Waals surface area (Å²) in [6.07, 6.45) is 24.6. The van der Waals surface area contributed by atoms with Gasteiger partial charge in [0.2, 0.25) is 0 Å². The van der Waals surface area contributed by atoms with Gasteiger partial charge < -0.3 is 5.11 Å². The van der Waals surface area contributed by atoms with Crippen LogP contribution in [0.4, 0.5) is 0 Å². The van der Waals surface area contributed by atoms with Gasteiger partial charge in [-0.05, 0) is 66.8 Å². The Morgan fingerprint density at radius 1 is 1.24 bits per heavy atom. The summed E-state index contributed by atoms with van der Waals surface area (Å²) in [5.74, 6) is 2.33. The summed E-state index contributed by atoms with van der Waals surface area (Å²) in [4.78, 5) is 12.6. The Labute approximate surface area is 178 Å². The Bertz CT molecular complexity index is 655. The van der Waals surface area contributed by atoms with E-state index < -0.39 is 11.4 Å². The molecule has 162 valence electrons. The Kier molecular flexibility index (Phi) is 6.28. The van der Waals surface area contributed by atoms with Crippen LogP contribution < -0.4 is 0 Å². The number of hydrogen-bond acceptors (Lipinski definition) is 1. The van der Waals surface area contributed by atoms with Crippen molar-refractivity contribution in [3.05, 3.63) is 23.8 Å². The molecule has 1 N–H and O–H groups in total. The lowest BCUT2D eigenvalue weighted by molar-refractivity contribution is -0.158. The highest BCUT2D eigenvalue weighted by molar-refractivity contribution is 5.82. The maximum atomic E-state index is 12.6. The number of allylic oxidation sites excluding steroid dienone is 3. The first kappa shape index (κ1) is 21.2. The molecule has 5 atom stereocenters. The van der Waals surface area contributed by atoms with Gasteiger partial charge >= 0.3 is 5.97 Å². The molecular formula is C27H42O2. The molecule has 2 saturated carbocycles. The first-order valence-electron chi connectivity index (χ1n) is 12.6. The largest absolute Gasteiger partial charge is 0.481 e. The minimum absolute atomic E-state index is 0.100. The van der Waals surface area contributed by atoms with Crippen LogP contribution in [0.2, 0.25) is 0 Å². The summed E-state index contributed by atoms with van der Waals surface area (Å²) in [6.45, 7) is 4.74. The van der Waals surface area contributed by atoms with E-state index in [0.29, 0.717) is 5.92 Å². The van der Waals surface area contributed by atoms with Gasteiger partial charge in [-0.3, -0.25) is 4.79 Å². The van der Waals surface area contributed by atoms with E-state index in [9.17, 15) is 9.90 Å². The Morgan fingerprint density at radius 3 is 2.69 bits per heavy atom. The summed E-state index contributed by atoms with van der Waals surface area (Å²) in [5.41, 5.74) is 0.633. The molecule has 5 aliphatic carbocycles. The van der Waals surface area contributed by atoms with Gasteiger partial charge in [0.15, 0.2) is 0 Å². The highest BCUT2D eigenvalue weighted by atomic mass is 16.4. The third-order valence-electron chi connectivity index (χ3n) is 9.44. The van der Waals surface area contributed by atoms with Gasteiger partial charge in [0.25, 0.3) is 0 Å². The second-order valence-electron chi connectivity index (χ2n) is 11.0. The van der Waals surface area contributed by atoms with Crippen molar-refractivity contribution >= 4 is 5.97 Å². The molecule has 0 saturated heterocycles. The molecule has 2 bridgehead atoms. The van der Waals surface area contributed by atoms with E-state index in [2.05, 4.69) is 32.1 Å². The highest BCUT2D eigenvalue weighted by Crippen LogP contribution is 2.64. The molecule has 2 fully saturated rings. The number of aliphatic carboxylic acids is 1. The zero-order valence-corrected chi connectivity index (χ0v) is 18.8. The SMILES string of the molecule is CCCC12C=CC(=CC1)C1(C(=O)O)CCC(CCCC(C)C3CCCCC3)CC21. The molecule has 5 aliphatic rings. The lowest BCUT2D eigenvalue weighted by atomic mass is 9.45. The van der Waals surface area contributed by atoms with E-state index in [1.54, 1.807) is 0 Å². The van der Waals surface area contributed by atoms with Crippen LogP contribution in [-0.4, -0.2) is 11.1 Å². The van der Waals surface area contributed by atoms with Crippen molar-refractivity contribution in [1.29, 1.82) is 0 Å². The van der Waals surface area contributed by atoms with Gasteiger partial charge in [-0.15, -0.1) is 0 Å². The van der Waals surface area contributed by atoms with Crippen LogP contribution in [0.15, 0.2) is 23.8 Å². The monoisotopic (exact) mass is 398 g/mol. The predicted octanol–water partition coefficient (Wildman–Crippen LogP) is 7.55. The minimum Gasteiger partial charge on any atom is -0.481 e. The van der Waals surface area contributed by atoms with Crippen molar-refractivity contribution in [2.45, 2.75) is 104 Å². The summed E-state index contributed by atoms with van der Waals surface area (Å²) >= 11 is 0. The van der Waals surface area contributed by atoms with E-state index in [4.69, 9.17) is 0 Å². The molecule has 0 aromatic carbocycles. The molecule has 0 aromatic rings. The number of rotatable bonds is 8. The molecule has 0 spiro atoms. The average molecular weight is 399 g/mol. The maximum Gasteiger partial charge on any atom is 0.314 e. The standard InChI is InChI=1S/C27H42O2/c1-3-15-26-16-13-23(14-17-26)27(25(28)29)18-12-21(19-24(26)27)9-7-8-20(2)22-10-5-4-6-11-22/h13-14,16,20-22,24H,3-12,15,17-19H2,1-2H3,(H,28,29). The number of carbonyl (C=O) groups is 1. The van der Waals surface area contributed by atoms with Crippen molar-refractivity contribution in [3.8, 4) is 0 Å². The minimum atomic E-state index is -0.589. The normalized spacial score (nSPS) is 37.8. The van der Waals surface area contributed by atoms with Crippen molar-refractivity contribution in [2.24, 2.45) is 34.5 Å². The zero-order valence-electron chi connectivity index (χ0n) is 18.8. The smallest absolute Gasteiger partial charge is 0.314 e. The van der Waals surface area contributed by atoms with Gasteiger partial charge in [-0.2, -0.15) is 0 Å². The summed E-state index contributed by atoms with van der Waals surface area (Å²) in [5, 5.41) is 10.3. The van der Waals surface area contributed by atoms with Crippen LogP contribution in [0.25, 0.3) is 0 Å². The Balaban J connectivity index is 1.40. The van der Waals surface area contributed by atoms with E-state index in [-0.39, 0.29) is 5.41 Å². The molecule has 0 amide bonds. The number of carboxylic acids is 1. The Morgan fingerprint density at radius 2 is 2.03 bits per heavy atom. The highest BCUT2D eigenvalue weighted by Gasteiger charge is 2.61. The second kappa shape index (κ2) is 8.60. The molecule has 0 heterocycles. The summed E-state index contributed by atoms with van der Waals surface area (Å²) in [7, 11) is 0. The lowest BCUT2D eigenvalue weighted by Gasteiger charge is -2.58. The number of hydrogen-bond donors (Lipinski definition) is 1. The van der Waals surface area contributed by atoms with Gasteiger partial charge in [0.05, 0.1) is 5.41 Å². The fourth-order valence-corrected chi connectivity index (χ4v) is 7.74. The van der Waals surface area contributed by atoms with Crippen molar-refractivity contribution in [1.82, 2.24) is 0 Å². The molecular weight excluding hydrogens is 356 g/mol. The van der Waals surface area contributed by atoms with Crippen molar-refractivity contribution in [3.63, 3.8) is 0 Å². The first-order valence-corrected chi connectivity index (χ1v) is 12.6. The molecule has 5 unspecified atom stereocenters. The van der Waals surface area contributed by atoms with E-state index in [0.717, 1.165) is 61.9 Å². The fourth-order valence-electron chi connectivity index (χ4n) is 7.74. The molecule has 29 heavy (non-hydrogen) atoms. The first-order chi connectivity index (χ1) is 14.0. The van der Waals surface area contributed by atoms with Crippen LogP contribution in [0.5, 0.6) is 0 Å². The Hall–Kier alpha value is -1.05. The van der Waals surface area contributed by atoms with Crippen LogP contribution in [-0.2, 0) is 4.79 Å². The average Bonchev–Trinajstić information content (AvgIpc) is 2.75. The van der Waals surface area contributed by atoms with Crippen LogP contribution >= 0.6 is 0 Å². The lowest BCUT2D eigenvalue weighted by Crippen LogP contribution is -2.55. The molecule has 0 radical (unpaired) electrons. The van der Waals surface area contributed by atoms with Crippen LogP contribution in [0, 0.1) is 34.5 Å². The number of fused-ring (bicyclic) bond motifs is 1. The third-order valence-corrected chi connectivity index (χ3v) is 9.44. The van der Waals surface area contributed by atoms with Gasteiger partial charge in [0, 0.05) is 0 Å². The zero-order chi connectivity index (χ0) is 20.5. The van der Waals surface area contributed by atoms with Crippen molar-refractivity contribution in [2.75, 3.05) is 0 Å². The third kappa shape index (κ3) is 3.74. The van der Waals surface area contributed by atoms with Gasteiger partial charge in [-0.25, -0.2) is 0 Å². The second-order valence-corrected chi connectivity index (χ2v) is 11.0. The van der Waals surface area contributed by atoms with E-state index in [1.807, 2.05) is 0 Å². The molecule has 5 rings (SSSR count). The number of carboxylic acid groups (broad SMARTS) is 1. The summed E-state index contributed by atoms with van der Waals surface area (Å²) < 4.78 is 0. The quantitative estimate of drug-likeness (QED) is 0.458.